The van der Waals surface area contributed by atoms with Crippen LogP contribution in [0.5, 0.6) is 0 Å². The number of amides is 2. The van der Waals surface area contributed by atoms with Gasteiger partial charge in [-0.15, -0.1) is 0 Å². The molecule has 6 heteroatoms. The number of hydrogen-bond acceptors (Lipinski definition) is 3. The molecule has 0 spiro atoms. The summed E-state index contributed by atoms with van der Waals surface area (Å²) in [6, 6.07) is 6.16. The minimum atomic E-state index is -0.978. The van der Waals surface area contributed by atoms with Crippen LogP contribution in [0.25, 0.3) is 0 Å². The third kappa shape index (κ3) is 2.90. The Morgan fingerprint density at radius 2 is 2.20 bits per heavy atom. The maximum atomic E-state index is 12.4. The number of aliphatic carboxylic acids is 1. The van der Waals surface area contributed by atoms with E-state index in [0.29, 0.717) is 12.1 Å². The van der Waals surface area contributed by atoms with Crippen LogP contribution in [0.15, 0.2) is 24.3 Å². The maximum Gasteiger partial charge on any atom is 0.327 e. The lowest BCUT2D eigenvalue weighted by molar-refractivity contribution is -0.138. The number of carboxylic acid groups (broad SMARTS) is 1. The van der Waals surface area contributed by atoms with E-state index in [1.165, 1.54) is 4.90 Å². The third-order valence-corrected chi connectivity index (χ3v) is 4.10. The Morgan fingerprint density at radius 1 is 1.50 bits per heavy atom. The lowest BCUT2D eigenvalue weighted by Crippen LogP contribution is -2.50. The van der Waals surface area contributed by atoms with E-state index in [1.54, 1.807) is 17.8 Å². The number of nitrogens with one attached hydrogen (secondary N) is 1. The number of carbonyl (C=O) groups is 2. The van der Waals surface area contributed by atoms with Gasteiger partial charge in [-0.3, -0.25) is 4.90 Å². The number of thioether (sulfide) groups is 1. The highest BCUT2D eigenvalue weighted by Crippen LogP contribution is 2.32. The summed E-state index contributed by atoms with van der Waals surface area (Å²) in [5.41, 5.74) is 1.58. The Bertz CT molecular complexity index is 521. The molecule has 1 aliphatic heterocycles. The predicted molar refractivity (Wildman–Crippen MR) is 80.4 cm³/mol. The number of anilines is 1. The largest absolute Gasteiger partial charge is 0.480 e. The van der Waals surface area contributed by atoms with Crippen LogP contribution in [0.2, 0.25) is 0 Å². The van der Waals surface area contributed by atoms with Gasteiger partial charge in [-0.25, -0.2) is 9.59 Å². The smallest absolute Gasteiger partial charge is 0.327 e. The number of nitrogens with zero attached hydrogens (tertiary/aromatic N) is 1. The molecule has 5 nitrogen and oxygen atoms in total. The molecule has 2 N–H and O–H groups in total. The van der Waals surface area contributed by atoms with Gasteiger partial charge >= 0.3 is 12.0 Å². The fourth-order valence-electron chi connectivity index (χ4n) is 2.41. The number of benzene rings is 1. The summed E-state index contributed by atoms with van der Waals surface area (Å²) in [5.74, 6) is -0.187. The van der Waals surface area contributed by atoms with Gasteiger partial charge in [-0.2, -0.15) is 11.8 Å². The van der Waals surface area contributed by atoms with E-state index >= 15 is 0 Å². The zero-order valence-electron chi connectivity index (χ0n) is 11.5. The molecule has 0 bridgehead atoms. The monoisotopic (exact) mass is 294 g/mol. The van der Waals surface area contributed by atoms with Crippen molar-refractivity contribution in [1.82, 2.24) is 5.32 Å². The van der Waals surface area contributed by atoms with Gasteiger partial charge in [0.2, 0.25) is 0 Å². The molecule has 0 saturated carbocycles. The van der Waals surface area contributed by atoms with Crippen LogP contribution < -0.4 is 10.2 Å². The van der Waals surface area contributed by atoms with E-state index in [2.05, 4.69) is 5.32 Å². The van der Waals surface area contributed by atoms with Gasteiger partial charge in [0.15, 0.2) is 0 Å². The average Bonchev–Trinajstić information content (AvgIpc) is 2.78. The van der Waals surface area contributed by atoms with E-state index < -0.39 is 12.0 Å². The van der Waals surface area contributed by atoms with Crippen LogP contribution in [0.3, 0.4) is 0 Å². The second-order valence-electron chi connectivity index (χ2n) is 4.86. The van der Waals surface area contributed by atoms with Crippen molar-refractivity contribution in [3.63, 3.8) is 0 Å². The maximum absolute atomic E-state index is 12.4. The van der Waals surface area contributed by atoms with Crippen molar-refractivity contribution in [2.24, 2.45) is 0 Å². The third-order valence-electron chi connectivity index (χ3n) is 3.27. The van der Waals surface area contributed by atoms with Crippen LogP contribution in [0.1, 0.15) is 12.5 Å². The number of carboxylic acids is 1. The van der Waals surface area contributed by atoms with E-state index in [4.69, 9.17) is 0 Å². The minimum Gasteiger partial charge on any atom is -0.480 e. The Labute approximate surface area is 122 Å². The zero-order chi connectivity index (χ0) is 14.7. The quantitative estimate of drug-likeness (QED) is 0.890. The normalized spacial score (nSPS) is 18.5. The SMILES string of the molecule is CSCC(C)NC(=O)N1c2ccccc2CC1C(=O)O. The molecular formula is C14H18N2O3S. The molecule has 2 atom stereocenters. The number of rotatable bonds is 4. The molecular weight excluding hydrogens is 276 g/mol. The number of fused-ring (bicyclic) bond motifs is 1. The lowest BCUT2D eigenvalue weighted by Gasteiger charge is -2.25. The summed E-state index contributed by atoms with van der Waals surface area (Å²) >= 11 is 1.64. The Hall–Kier alpha value is -1.69. The van der Waals surface area contributed by atoms with Crippen molar-refractivity contribution in [1.29, 1.82) is 0 Å². The van der Waals surface area contributed by atoms with Gasteiger partial charge in [-0.1, -0.05) is 18.2 Å². The highest BCUT2D eigenvalue weighted by Gasteiger charge is 2.38. The molecule has 1 heterocycles. The molecule has 0 aromatic heterocycles. The topological polar surface area (TPSA) is 69.6 Å². The fraction of sp³-hybridized carbons (Fsp3) is 0.429. The van der Waals surface area contributed by atoms with E-state index in [0.717, 1.165) is 11.3 Å². The molecule has 20 heavy (non-hydrogen) atoms. The molecule has 0 aliphatic carbocycles. The van der Waals surface area contributed by atoms with Gasteiger partial charge in [0.05, 0.1) is 0 Å². The van der Waals surface area contributed by atoms with E-state index in [1.807, 2.05) is 31.4 Å². The second kappa shape index (κ2) is 6.17. The van der Waals surface area contributed by atoms with Crippen molar-refractivity contribution in [3.05, 3.63) is 29.8 Å². The van der Waals surface area contributed by atoms with Crippen molar-refractivity contribution < 1.29 is 14.7 Å². The second-order valence-corrected chi connectivity index (χ2v) is 5.77. The molecule has 1 aromatic carbocycles. The average molecular weight is 294 g/mol. The zero-order valence-corrected chi connectivity index (χ0v) is 12.3. The fourth-order valence-corrected chi connectivity index (χ4v) is 2.99. The standard InChI is InChI=1S/C14H18N2O3S/c1-9(8-20-2)15-14(19)16-11-6-4-3-5-10(11)7-12(16)13(17)18/h3-6,9,12H,7-8H2,1-2H3,(H,15,19)(H,17,18). The van der Waals surface area contributed by atoms with Gasteiger partial charge in [0.25, 0.3) is 0 Å². The number of urea groups is 1. The van der Waals surface area contributed by atoms with Crippen LogP contribution in [0.4, 0.5) is 10.5 Å². The van der Waals surface area contributed by atoms with Gasteiger partial charge in [0, 0.05) is 23.9 Å². The van der Waals surface area contributed by atoms with Crippen molar-refractivity contribution in [2.75, 3.05) is 16.9 Å². The number of carbonyl (C=O) groups excluding carboxylic acids is 1. The summed E-state index contributed by atoms with van der Waals surface area (Å²) in [7, 11) is 0. The molecule has 2 unspecified atom stereocenters. The Balaban J connectivity index is 2.22. The molecule has 108 valence electrons. The lowest BCUT2D eigenvalue weighted by atomic mass is 10.1. The summed E-state index contributed by atoms with van der Waals surface area (Å²) in [5, 5.41) is 12.2. The van der Waals surface area contributed by atoms with Gasteiger partial charge in [0.1, 0.15) is 6.04 Å². The van der Waals surface area contributed by atoms with Crippen LogP contribution in [-0.4, -0.2) is 41.2 Å². The highest BCUT2D eigenvalue weighted by molar-refractivity contribution is 7.98. The van der Waals surface area contributed by atoms with Gasteiger partial charge in [-0.05, 0) is 24.8 Å². The first-order valence-electron chi connectivity index (χ1n) is 6.44. The molecule has 0 saturated heterocycles. The highest BCUT2D eigenvalue weighted by atomic mass is 32.2. The molecule has 2 amide bonds. The number of hydrogen-bond donors (Lipinski definition) is 2. The van der Waals surface area contributed by atoms with Crippen molar-refractivity contribution in [2.45, 2.75) is 25.4 Å². The summed E-state index contributed by atoms with van der Waals surface area (Å²) in [6.07, 6.45) is 2.32. The summed E-state index contributed by atoms with van der Waals surface area (Å²) < 4.78 is 0. The molecule has 0 radical (unpaired) electrons. The first kappa shape index (κ1) is 14.7. The Morgan fingerprint density at radius 3 is 2.85 bits per heavy atom. The minimum absolute atomic E-state index is 0.000271. The molecule has 1 aliphatic rings. The van der Waals surface area contributed by atoms with Gasteiger partial charge < -0.3 is 10.4 Å². The Kier molecular flexibility index (Phi) is 4.54. The van der Waals surface area contributed by atoms with Crippen LogP contribution in [0, 0.1) is 0 Å². The molecule has 2 rings (SSSR count). The molecule has 0 fully saturated rings. The first-order valence-corrected chi connectivity index (χ1v) is 7.83. The van der Waals surface area contributed by atoms with Crippen molar-refractivity contribution in [3.8, 4) is 0 Å². The number of para-hydroxylation sites is 1. The molecule has 1 aromatic rings. The first-order chi connectivity index (χ1) is 9.54. The summed E-state index contributed by atoms with van der Waals surface area (Å²) in [6.45, 7) is 1.91. The van der Waals surface area contributed by atoms with Crippen LogP contribution >= 0.6 is 11.8 Å². The van der Waals surface area contributed by atoms with Crippen molar-refractivity contribution >= 4 is 29.4 Å². The van der Waals surface area contributed by atoms with E-state index in [9.17, 15) is 14.7 Å². The van der Waals surface area contributed by atoms with Crippen LogP contribution in [-0.2, 0) is 11.2 Å². The summed E-state index contributed by atoms with van der Waals surface area (Å²) in [4.78, 5) is 25.1. The predicted octanol–water partition coefficient (Wildman–Crippen LogP) is 1.96. The van der Waals surface area contributed by atoms with E-state index in [-0.39, 0.29) is 12.1 Å².